The van der Waals surface area contributed by atoms with Crippen LogP contribution in [-0.4, -0.2) is 48.4 Å². The fourth-order valence-corrected chi connectivity index (χ4v) is 1.78. The molecule has 1 aliphatic heterocycles. The minimum absolute atomic E-state index is 0.114. The highest BCUT2D eigenvalue weighted by Gasteiger charge is 2.16. The van der Waals surface area contributed by atoms with Gasteiger partial charge in [0.1, 0.15) is 6.61 Å². The van der Waals surface area contributed by atoms with Crippen LogP contribution >= 0.6 is 0 Å². The Labute approximate surface area is 112 Å². The third-order valence-corrected chi connectivity index (χ3v) is 2.80. The van der Waals surface area contributed by atoms with Crippen molar-refractivity contribution in [3.05, 3.63) is 0 Å². The highest BCUT2D eigenvalue weighted by atomic mass is 16.5. The quantitative estimate of drug-likeness (QED) is 0.576. The molecule has 0 aliphatic carbocycles. The van der Waals surface area contributed by atoms with Gasteiger partial charge >= 0.3 is 6.01 Å². The van der Waals surface area contributed by atoms with Gasteiger partial charge in [-0.05, 0) is 19.3 Å². The minimum atomic E-state index is 0.114. The summed E-state index contributed by atoms with van der Waals surface area (Å²) in [4.78, 5) is 14.1. The highest BCUT2D eigenvalue weighted by molar-refractivity contribution is 5.35. The first-order chi connectivity index (χ1) is 9.19. The van der Waals surface area contributed by atoms with Crippen LogP contribution in [0, 0.1) is 0 Å². The predicted octanol–water partition coefficient (Wildman–Crippen LogP) is 0.171. The Kier molecular flexibility index (Phi) is 4.69. The summed E-state index contributed by atoms with van der Waals surface area (Å²) in [6.45, 7) is 1.24. The molecular weight excluding hydrogens is 248 g/mol. The van der Waals surface area contributed by atoms with Crippen LogP contribution in [0.1, 0.15) is 19.3 Å². The van der Waals surface area contributed by atoms with Crippen LogP contribution in [0.4, 0.5) is 11.9 Å². The first-order valence-electron chi connectivity index (χ1n) is 6.33. The van der Waals surface area contributed by atoms with Crippen LogP contribution in [0.5, 0.6) is 6.01 Å². The first kappa shape index (κ1) is 13.8. The van der Waals surface area contributed by atoms with Gasteiger partial charge in [0.2, 0.25) is 11.9 Å². The van der Waals surface area contributed by atoms with Crippen molar-refractivity contribution in [2.75, 3.05) is 37.6 Å². The Morgan fingerprint density at radius 3 is 2.84 bits per heavy atom. The van der Waals surface area contributed by atoms with E-state index in [0.29, 0.717) is 12.6 Å². The Bertz CT molecular complexity index is 408. The van der Waals surface area contributed by atoms with Crippen molar-refractivity contribution in [1.29, 1.82) is 0 Å². The molecule has 0 aromatic carbocycles. The topological polar surface area (TPSA) is 98.4 Å². The van der Waals surface area contributed by atoms with Crippen molar-refractivity contribution in [1.82, 2.24) is 15.0 Å². The number of aromatic nitrogens is 3. The van der Waals surface area contributed by atoms with E-state index < -0.39 is 0 Å². The molecule has 0 saturated carbocycles. The van der Waals surface area contributed by atoms with Crippen molar-refractivity contribution in [2.24, 2.45) is 5.84 Å². The Morgan fingerprint density at radius 2 is 2.21 bits per heavy atom. The molecule has 1 unspecified atom stereocenters. The molecule has 1 fully saturated rings. The molecule has 1 aliphatic rings. The van der Waals surface area contributed by atoms with Crippen LogP contribution in [-0.2, 0) is 4.74 Å². The van der Waals surface area contributed by atoms with E-state index in [9.17, 15) is 0 Å². The summed E-state index contributed by atoms with van der Waals surface area (Å²) in [6.07, 6.45) is 3.41. The third kappa shape index (κ3) is 3.90. The molecule has 0 amide bonds. The number of hydrogen-bond acceptors (Lipinski definition) is 8. The fraction of sp³-hybridized carbons (Fsp3) is 0.727. The molecule has 8 heteroatoms. The van der Waals surface area contributed by atoms with Gasteiger partial charge in [-0.1, -0.05) is 0 Å². The molecule has 1 saturated heterocycles. The number of nitrogens with two attached hydrogens (primary N) is 1. The summed E-state index contributed by atoms with van der Waals surface area (Å²) in [5.41, 5.74) is 2.40. The lowest BCUT2D eigenvalue weighted by atomic mass is 10.1. The van der Waals surface area contributed by atoms with E-state index in [1.807, 2.05) is 14.1 Å². The number of rotatable bonds is 5. The molecule has 0 radical (unpaired) electrons. The summed E-state index contributed by atoms with van der Waals surface area (Å²) in [5, 5.41) is 0. The summed E-state index contributed by atoms with van der Waals surface area (Å²) in [7, 11) is 3.67. The smallest absolute Gasteiger partial charge is 0.323 e. The molecule has 106 valence electrons. The number of nitrogens with one attached hydrogen (secondary N) is 1. The van der Waals surface area contributed by atoms with E-state index in [2.05, 4.69) is 20.4 Å². The monoisotopic (exact) mass is 268 g/mol. The van der Waals surface area contributed by atoms with Gasteiger partial charge in [0.15, 0.2) is 0 Å². The van der Waals surface area contributed by atoms with E-state index in [1.165, 1.54) is 6.42 Å². The van der Waals surface area contributed by atoms with Gasteiger partial charge in [-0.3, -0.25) is 5.43 Å². The van der Waals surface area contributed by atoms with E-state index in [1.54, 1.807) is 4.90 Å². The standard InChI is InChI=1S/C11H20N6O2/c1-17(2)10-13-9(16-12)14-11(15-10)19-7-8-5-3-4-6-18-8/h8H,3-7,12H2,1-2H3,(H,13,14,15,16). The predicted molar refractivity (Wildman–Crippen MR) is 71.1 cm³/mol. The average molecular weight is 268 g/mol. The first-order valence-corrected chi connectivity index (χ1v) is 6.33. The van der Waals surface area contributed by atoms with Crippen LogP contribution in [0.3, 0.4) is 0 Å². The SMILES string of the molecule is CN(C)c1nc(NN)nc(OCC2CCCCO2)n1. The van der Waals surface area contributed by atoms with E-state index in [0.717, 1.165) is 19.4 Å². The number of hydrogen-bond donors (Lipinski definition) is 2. The lowest BCUT2D eigenvalue weighted by Gasteiger charge is -2.22. The Balaban J connectivity index is 2.00. The van der Waals surface area contributed by atoms with E-state index in [-0.39, 0.29) is 18.1 Å². The van der Waals surface area contributed by atoms with Crippen molar-refractivity contribution in [2.45, 2.75) is 25.4 Å². The zero-order valence-corrected chi connectivity index (χ0v) is 11.3. The molecule has 8 nitrogen and oxygen atoms in total. The molecule has 1 aromatic rings. The second kappa shape index (κ2) is 6.48. The maximum absolute atomic E-state index is 5.59. The second-order valence-corrected chi connectivity index (χ2v) is 4.58. The minimum Gasteiger partial charge on any atom is -0.461 e. The number of ether oxygens (including phenoxy) is 2. The lowest BCUT2D eigenvalue weighted by Crippen LogP contribution is -2.26. The maximum Gasteiger partial charge on any atom is 0.323 e. The highest BCUT2D eigenvalue weighted by Crippen LogP contribution is 2.16. The van der Waals surface area contributed by atoms with Crippen molar-refractivity contribution < 1.29 is 9.47 Å². The normalized spacial score (nSPS) is 19.0. The van der Waals surface area contributed by atoms with Gasteiger partial charge in [-0.25, -0.2) is 5.84 Å². The summed E-state index contributed by atoms with van der Waals surface area (Å²) in [6, 6.07) is 0.251. The van der Waals surface area contributed by atoms with Gasteiger partial charge in [0, 0.05) is 20.7 Å². The zero-order valence-electron chi connectivity index (χ0n) is 11.3. The molecule has 2 rings (SSSR count). The van der Waals surface area contributed by atoms with E-state index >= 15 is 0 Å². The molecule has 2 heterocycles. The van der Waals surface area contributed by atoms with Gasteiger partial charge in [0.05, 0.1) is 6.10 Å². The lowest BCUT2D eigenvalue weighted by molar-refractivity contribution is -0.0129. The Morgan fingerprint density at radius 1 is 1.37 bits per heavy atom. The second-order valence-electron chi connectivity index (χ2n) is 4.58. The molecule has 0 bridgehead atoms. The Hall–Kier alpha value is -1.67. The molecule has 19 heavy (non-hydrogen) atoms. The molecule has 1 aromatic heterocycles. The summed E-state index contributed by atoms with van der Waals surface area (Å²) < 4.78 is 11.2. The van der Waals surface area contributed by atoms with Gasteiger partial charge in [-0.2, -0.15) is 15.0 Å². The van der Waals surface area contributed by atoms with Gasteiger partial charge < -0.3 is 14.4 Å². The molecular formula is C11H20N6O2. The average Bonchev–Trinajstić information content (AvgIpc) is 2.45. The van der Waals surface area contributed by atoms with E-state index in [4.69, 9.17) is 15.3 Å². The van der Waals surface area contributed by atoms with Crippen LogP contribution in [0.15, 0.2) is 0 Å². The molecule has 1 atom stereocenters. The summed E-state index contributed by atoms with van der Waals surface area (Å²) in [5.74, 6) is 6.09. The van der Waals surface area contributed by atoms with Crippen molar-refractivity contribution >= 4 is 11.9 Å². The van der Waals surface area contributed by atoms with Crippen molar-refractivity contribution in [3.8, 4) is 6.01 Å². The molecule has 3 N–H and O–H groups in total. The number of hydrazine groups is 1. The fourth-order valence-electron chi connectivity index (χ4n) is 1.78. The van der Waals surface area contributed by atoms with Gasteiger partial charge in [-0.15, -0.1) is 0 Å². The largest absolute Gasteiger partial charge is 0.461 e. The van der Waals surface area contributed by atoms with Crippen LogP contribution in [0.25, 0.3) is 0 Å². The van der Waals surface area contributed by atoms with Crippen LogP contribution < -0.4 is 20.9 Å². The number of nitrogen functional groups attached to an aromatic ring is 1. The maximum atomic E-state index is 5.59. The summed E-state index contributed by atoms with van der Waals surface area (Å²) >= 11 is 0. The number of nitrogens with zero attached hydrogens (tertiary/aromatic N) is 4. The van der Waals surface area contributed by atoms with Gasteiger partial charge in [0.25, 0.3) is 0 Å². The molecule has 0 spiro atoms. The zero-order chi connectivity index (χ0) is 13.7. The van der Waals surface area contributed by atoms with Crippen LogP contribution in [0.2, 0.25) is 0 Å². The number of anilines is 2. The van der Waals surface area contributed by atoms with Crippen molar-refractivity contribution in [3.63, 3.8) is 0 Å². The third-order valence-electron chi connectivity index (χ3n) is 2.80.